The minimum Gasteiger partial charge on any atom is -0.455 e. The maximum absolute atomic E-state index is 14.0. The van der Waals surface area contributed by atoms with Crippen LogP contribution in [0.25, 0.3) is 11.0 Å². The van der Waals surface area contributed by atoms with E-state index in [-0.39, 0.29) is 11.5 Å². The Balaban J connectivity index is 1.60. The first-order valence-electron chi connectivity index (χ1n) is 8.70. The second-order valence-corrected chi connectivity index (χ2v) is 6.96. The van der Waals surface area contributed by atoms with Crippen LogP contribution in [0.1, 0.15) is 42.5 Å². The van der Waals surface area contributed by atoms with Gasteiger partial charge in [0.1, 0.15) is 11.8 Å². The highest BCUT2D eigenvalue weighted by Crippen LogP contribution is 2.39. The van der Waals surface area contributed by atoms with Gasteiger partial charge in [0.05, 0.1) is 12.0 Å². The molecule has 1 N–H and O–H groups in total. The summed E-state index contributed by atoms with van der Waals surface area (Å²) < 4.78 is 19.9. The van der Waals surface area contributed by atoms with Crippen LogP contribution in [-0.2, 0) is 11.2 Å². The Kier molecular flexibility index (Phi) is 3.20. The molecule has 1 aliphatic heterocycles. The smallest absolute Gasteiger partial charge is 0.223 e. The Hall–Kier alpha value is -2.63. The van der Waals surface area contributed by atoms with Crippen LogP contribution in [0.2, 0.25) is 0 Å². The van der Waals surface area contributed by atoms with Gasteiger partial charge in [0.25, 0.3) is 0 Å². The van der Waals surface area contributed by atoms with E-state index in [0.29, 0.717) is 30.0 Å². The zero-order chi connectivity index (χ0) is 17.0. The summed E-state index contributed by atoms with van der Waals surface area (Å²) in [5.74, 6) is 0.818. The second kappa shape index (κ2) is 5.44. The number of nitrogens with zero attached hydrogens (tertiary/aromatic N) is 2. The van der Waals surface area contributed by atoms with Gasteiger partial charge in [-0.05, 0) is 30.9 Å². The predicted octanol–water partition coefficient (Wildman–Crippen LogP) is 3.57. The highest BCUT2D eigenvalue weighted by molar-refractivity contribution is 5.80. The van der Waals surface area contributed by atoms with Crippen molar-refractivity contribution in [1.82, 2.24) is 14.9 Å². The van der Waals surface area contributed by atoms with Crippen molar-refractivity contribution in [3.8, 4) is 0 Å². The maximum Gasteiger partial charge on any atom is 0.223 e. The number of hydrogen-bond acceptors (Lipinski definition) is 3. The fraction of sp³-hybridized carbons (Fsp3) is 0.368. The zero-order valence-corrected chi connectivity index (χ0v) is 13.7. The van der Waals surface area contributed by atoms with E-state index in [1.54, 1.807) is 12.4 Å². The number of rotatable bonds is 3. The lowest BCUT2D eigenvalue weighted by Gasteiger charge is -2.33. The second-order valence-electron chi connectivity index (χ2n) is 6.96. The number of imidazole rings is 1. The molecule has 0 saturated heterocycles. The zero-order valence-electron chi connectivity index (χ0n) is 13.7. The molecule has 0 bridgehead atoms. The average Bonchev–Trinajstić information content (AvgIpc) is 3.11. The van der Waals surface area contributed by atoms with Gasteiger partial charge in [-0.25, -0.2) is 9.37 Å². The van der Waals surface area contributed by atoms with Gasteiger partial charge in [-0.15, -0.1) is 0 Å². The monoisotopic (exact) mass is 339 g/mol. The summed E-state index contributed by atoms with van der Waals surface area (Å²) >= 11 is 0. The van der Waals surface area contributed by atoms with Crippen molar-refractivity contribution in [2.75, 3.05) is 6.54 Å². The predicted molar refractivity (Wildman–Crippen MR) is 89.4 cm³/mol. The first kappa shape index (κ1) is 14.7. The Morgan fingerprint density at radius 1 is 1.40 bits per heavy atom. The number of halogens is 1. The van der Waals surface area contributed by atoms with Gasteiger partial charge in [-0.1, -0.05) is 12.1 Å². The standard InChI is InChI=1S/C19H18FN3O2/c20-13-3-1-2-12-9-15(25-19(12)13)18-17-14(21-10-22-17)6-7-23(18)16(24)8-11-4-5-11/h1-3,9-11,18H,4-8H2,(H,21,22)/t18-/m0/s1. The van der Waals surface area contributed by atoms with E-state index >= 15 is 0 Å². The molecule has 1 aliphatic carbocycles. The number of nitrogens with one attached hydrogen (secondary N) is 1. The summed E-state index contributed by atoms with van der Waals surface area (Å²) in [6.45, 7) is 0.616. The molecular weight excluding hydrogens is 321 g/mol. The molecule has 0 unspecified atom stereocenters. The van der Waals surface area contributed by atoms with Crippen molar-refractivity contribution in [3.05, 3.63) is 53.6 Å². The number of benzene rings is 1. The number of aromatic amines is 1. The molecule has 128 valence electrons. The van der Waals surface area contributed by atoms with Crippen LogP contribution in [0.5, 0.6) is 0 Å². The third-order valence-corrected chi connectivity index (χ3v) is 5.19. The number of aromatic nitrogens is 2. The maximum atomic E-state index is 14.0. The lowest BCUT2D eigenvalue weighted by atomic mass is 9.99. The quantitative estimate of drug-likeness (QED) is 0.793. The molecular formula is C19H18FN3O2. The van der Waals surface area contributed by atoms with Gasteiger partial charge in [-0.2, -0.15) is 0 Å². The number of hydrogen-bond donors (Lipinski definition) is 1. The molecule has 1 aromatic carbocycles. The van der Waals surface area contributed by atoms with Crippen LogP contribution in [0.3, 0.4) is 0 Å². The average molecular weight is 339 g/mol. The van der Waals surface area contributed by atoms with E-state index in [1.807, 2.05) is 17.0 Å². The summed E-state index contributed by atoms with van der Waals surface area (Å²) in [6, 6.07) is 6.29. The summed E-state index contributed by atoms with van der Waals surface area (Å²) in [6.07, 6.45) is 5.24. The van der Waals surface area contributed by atoms with Crippen LogP contribution in [0, 0.1) is 11.7 Å². The van der Waals surface area contributed by atoms with Crippen molar-refractivity contribution in [1.29, 1.82) is 0 Å². The molecule has 6 heteroatoms. The lowest BCUT2D eigenvalue weighted by Crippen LogP contribution is -2.40. The van der Waals surface area contributed by atoms with E-state index in [0.717, 1.165) is 30.7 Å². The summed E-state index contributed by atoms with van der Waals surface area (Å²) in [7, 11) is 0. The molecule has 5 rings (SSSR count). The Morgan fingerprint density at radius 2 is 2.28 bits per heavy atom. The number of H-pyrrole nitrogens is 1. The van der Waals surface area contributed by atoms with Crippen molar-refractivity contribution < 1.29 is 13.6 Å². The molecule has 0 spiro atoms. The van der Waals surface area contributed by atoms with Crippen molar-refractivity contribution in [3.63, 3.8) is 0 Å². The van der Waals surface area contributed by atoms with Crippen molar-refractivity contribution >= 4 is 16.9 Å². The van der Waals surface area contributed by atoms with Gasteiger partial charge in [-0.3, -0.25) is 4.79 Å². The number of para-hydroxylation sites is 1. The molecule has 1 saturated carbocycles. The molecule has 2 aliphatic rings. The summed E-state index contributed by atoms with van der Waals surface area (Å²) in [5, 5.41) is 0.701. The molecule has 3 heterocycles. The first-order valence-corrected chi connectivity index (χ1v) is 8.70. The normalized spacial score (nSPS) is 20.0. The van der Waals surface area contributed by atoms with Gasteiger partial charge in [0, 0.05) is 30.5 Å². The van der Waals surface area contributed by atoms with Gasteiger partial charge in [0.15, 0.2) is 11.4 Å². The summed E-state index contributed by atoms with van der Waals surface area (Å²) in [4.78, 5) is 22.2. The minimum absolute atomic E-state index is 0.127. The number of amides is 1. The SMILES string of the molecule is O=C(CC1CC1)N1CCc2[nH]cnc2[C@@H]1c1cc2cccc(F)c2o1. The topological polar surface area (TPSA) is 62.1 Å². The molecule has 5 nitrogen and oxygen atoms in total. The number of carbonyl (C=O) groups is 1. The van der Waals surface area contributed by atoms with Gasteiger partial charge in [0.2, 0.25) is 5.91 Å². The highest BCUT2D eigenvalue weighted by atomic mass is 19.1. The Bertz CT molecular complexity index is 957. The van der Waals surface area contributed by atoms with Crippen molar-refractivity contribution in [2.45, 2.75) is 31.7 Å². The van der Waals surface area contributed by atoms with Crippen LogP contribution in [-0.4, -0.2) is 27.3 Å². The van der Waals surface area contributed by atoms with Crippen molar-refractivity contribution in [2.24, 2.45) is 5.92 Å². The lowest BCUT2D eigenvalue weighted by molar-refractivity contribution is -0.134. The van der Waals surface area contributed by atoms with Crippen LogP contribution in [0.4, 0.5) is 4.39 Å². The number of furan rings is 1. The molecule has 1 fully saturated rings. The molecule has 25 heavy (non-hydrogen) atoms. The summed E-state index contributed by atoms with van der Waals surface area (Å²) in [5.41, 5.74) is 2.05. The fourth-order valence-corrected chi connectivity index (χ4v) is 3.70. The van der Waals surface area contributed by atoms with Crippen LogP contribution >= 0.6 is 0 Å². The van der Waals surface area contributed by atoms with E-state index in [9.17, 15) is 9.18 Å². The van der Waals surface area contributed by atoms with Crippen LogP contribution < -0.4 is 0 Å². The molecule has 1 amide bonds. The fourth-order valence-electron chi connectivity index (χ4n) is 3.70. The number of carbonyl (C=O) groups excluding carboxylic acids is 1. The largest absolute Gasteiger partial charge is 0.455 e. The van der Waals surface area contributed by atoms with E-state index in [4.69, 9.17) is 4.42 Å². The van der Waals surface area contributed by atoms with E-state index in [2.05, 4.69) is 9.97 Å². The molecule has 1 atom stereocenters. The molecule has 0 radical (unpaired) electrons. The highest BCUT2D eigenvalue weighted by Gasteiger charge is 2.38. The van der Waals surface area contributed by atoms with E-state index < -0.39 is 11.9 Å². The van der Waals surface area contributed by atoms with Gasteiger partial charge >= 0.3 is 0 Å². The Morgan fingerprint density at radius 3 is 3.08 bits per heavy atom. The molecule has 3 aromatic rings. The van der Waals surface area contributed by atoms with Crippen LogP contribution in [0.15, 0.2) is 35.0 Å². The minimum atomic E-state index is -0.395. The molecule has 2 aromatic heterocycles. The Labute approximate surface area is 143 Å². The third kappa shape index (κ3) is 2.44. The first-order chi connectivity index (χ1) is 12.2. The third-order valence-electron chi connectivity index (χ3n) is 5.19. The van der Waals surface area contributed by atoms with Gasteiger partial charge < -0.3 is 14.3 Å². The number of fused-ring (bicyclic) bond motifs is 2. The van der Waals surface area contributed by atoms with E-state index in [1.165, 1.54) is 6.07 Å².